The smallest absolute Gasteiger partial charge is 0.1000 e. The Balaban J connectivity index is 2.04. The van der Waals surface area contributed by atoms with Crippen LogP contribution in [0.2, 0.25) is 0 Å². The van der Waals surface area contributed by atoms with Gasteiger partial charge in [-0.3, -0.25) is 0 Å². The van der Waals surface area contributed by atoms with Gasteiger partial charge in [0.05, 0.1) is 16.4 Å². The molecule has 1 atom stereocenters. The van der Waals surface area contributed by atoms with E-state index in [0.717, 1.165) is 6.42 Å². The van der Waals surface area contributed by atoms with Crippen molar-refractivity contribution < 1.29 is 4.74 Å². The van der Waals surface area contributed by atoms with Crippen LogP contribution < -0.4 is 0 Å². The minimum absolute atomic E-state index is 0.358. The lowest BCUT2D eigenvalue weighted by atomic mass is 10.1. The third-order valence-electron chi connectivity index (χ3n) is 2.54. The highest BCUT2D eigenvalue weighted by Gasteiger charge is 2.36. The molecule has 1 spiro atoms. The first kappa shape index (κ1) is 9.78. The first-order valence-corrected chi connectivity index (χ1v) is 6.93. The van der Waals surface area contributed by atoms with E-state index in [1.807, 2.05) is 6.26 Å². The highest BCUT2D eigenvalue weighted by molar-refractivity contribution is 8.19. The maximum Gasteiger partial charge on any atom is 0.1000 e. The SMILES string of the molecule is CCC1CC2(C=CO1)SCCCS2. The predicted octanol–water partition coefficient (Wildman–Crippen LogP) is 3.27. The summed E-state index contributed by atoms with van der Waals surface area (Å²) in [6.07, 6.45) is 8.31. The molecule has 0 aromatic rings. The van der Waals surface area contributed by atoms with E-state index >= 15 is 0 Å². The first-order chi connectivity index (χ1) is 6.35. The van der Waals surface area contributed by atoms with E-state index in [1.165, 1.54) is 24.3 Å². The Morgan fingerprint density at radius 1 is 1.46 bits per heavy atom. The van der Waals surface area contributed by atoms with Gasteiger partial charge in [0.25, 0.3) is 0 Å². The van der Waals surface area contributed by atoms with Crippen molar-refractivity contribution in [2.24, 2.45) is 0 Å². The average Bonchev–Trinajstić information content (AvgIpc) is 2.19. The maximum absolute atomic E-state index is 5.55. The molecular weight excluding hydrogens is 200 g/mol. The summed E-state index contributed by atoms with van der Waals surface area (Å²) < 4.78 is 5.91. The van der Waals surface area contributed by atoms with Crippen LogP contribution in [0.25, 0.3) is 0 Å². The second-order valence-corrected chi connectivity index (χ2v) is 6.64. The van der Waals surface area contributed by atoms with Crippen molar-refractivity contribution in [3.05, 3.63) is 12.3 Å². The van der Waals surface area contributed by atoms with Crippen molar-refractivity contribution in [2.75, 3.05) is 11.5 Å². The van der Waals surface area contributed by atoms with Crippen molar-refractivity contribution >= 4 is 23.5 Å². The normalized spacial score (nSPS) is 31.6. The minimum atomic E-state index is 0.358. The molecule has 2 aliphatic heterocycles. The molecule has 1 saturated heterocycles. The molecule has 2 rings (SSSR count). The average molecular weight is 216 g/mol. The van der Waals surface area contributed by atoms with Crippen LogP contribution in [-0.4, -0.2) is 21.7 Å². The van der Waals surface area contributed by atoms with Crippen LogP contribution in [0.15, 0.2) is 12.3 Å². The largest absolute Gasteiger partial charge is 0.498 e. The summed E-state index contributed by atoms with van der Waals surface area (Å²) in [7, 11) is 0. The van der Waals surface area contributed by atoms with E-state index in [4.69, 9.17) is 4.74 Å². The lowest BCUT2D eigenvalue weighted by molar-refractivity contribution is 0.119. The topological polar surface area (TPSA) is 9.23 Å². The molecule has 0 aliphatic carbocycles. The molecule has 1 unspecified atom stereocenters. The summed E-state index contributed by atoms with van der Waals surface area (Å²) in [5.41, 5.74) is 0. The Bertz CT molecular complexity index is 197. The molecule has 2 aliphatic rings. The van der Waals surface area contributed by atoms with Crippen LogP contribution in [0.3, 0.4) is 0 Å². The van der Waals surface area contributed by atoms with Gasteiger partial charge in [-0.25, -0.2) is 0 Å². The number of thioether (sulfide) groups is 2. The monoisotopic (exact) mass is 216 g/mol. The van der Waals surface area contributed by atoms with E-state index in [-0.39, 0.29) is 0 Å². The van der Waals surface area contributed by atoms with Gasteiger partial charge in [-0.2, -0.15) is 0 Å². The predicted molar refractivity (Wildman–Crippen MR) is 61.2 cm³/mol. The second kappa shape index (κ2) is 4.18. The van der Waals surface area contributed by atoms with Crippen molar-refractivity contribution in [1.82, 2.24) is 0 Å². The molecule has 0 bridgehead atoms. The molecule has 13 heavy (non-hydrogen) atoms. The highest BCUT2D eigenvalue weighted by atomic mass is 32.2. The third-order valence-corrected chi connectivity index (χ3v) is 5.82. The summed E-state index contributed by atoms with van der Waals surface area (Å²) in [4.78, 5) is 0. The molecule has 1 fully saturated rings. The molecule has 0 amide bonds. The van der Waals surface area contributed by atoms with Crippen LogP contribution >= 0.6 is 23.5 Å². The van der Waals surface area contributed by atoms with Gasteiger partial charge in [-0.05, 0) is 30.4 Å². The zero-order valence-electron chi connectivity index (χ0n) is 7.99. The Hall–Kier alpha value is 0.240. The van der Waals surface area contributed by atoms with Crippen molar-refractivity contribution in [1.29, 1.82) is 0 Å². The van der Waals surface area contributed by atoms with Gasteiger partial charge in [0, 0.05) is 6.42 Å². The molecule has 3 heteroatoms. The Morgan fingerprint density at radius 2 is 2.23 bits per heavy atom. The maximum atomic E-state index is 5.55. The van der Waals surface area contributed by atoms with Crippen molar-refractivity contribution in [3.8, 4) is 0 Å². The zero-order chi connectivity index (χ0) is 9.15. The van der Waals surface area contributed by atoms with E-state index in [9.17, 15) is 0 Å². The molecule has 74 valence electrons. The Morgan fingerprint density at radius 3 is 2.92 bits per heavy atom. The molecule has 0 aromatic carbocycles. The number of rotatable bonds is 1. The lowest BCUT2D eigenvalue weighted by Crippen LogP contribution is -2.31. The number of ether oxygens (including phenoxy) is 1. The number of hydrogen-bond donors (Lipinski definition) is 0. The standard InChI is InChI=1S/C10H16OS2/c1-2-9-8-10(4-5-11-9)12-6-3-7-13-10/h4-5,9H,2-3,6-8H2,1H3. The van der Waals surface area contributed by atoms with Crippen LogP contribution in [0, 0.1) is 0 Å². The summed E-state index contributed by atoms with van der Waals surface area (Å²) >= 11 is 4.20. The minimum Gasteiger partial charge on any atom is -0.498 e. The lowest BCUT2D eigenvalue weighted by Gasteiger charge is -2.38. The molecule has 0 N–H and O–H groups in total. The van der Waals surface area contributed by atoms with Gasteiger partial charge < -0.3 is 4.74 Å². The molecular formula is C10H16OS2. The molecule has 0 radical (unpaired) electrons. The van der Waals surface area contributed by atoms with Gasteiger partial charge >= 0.3 is 0 Å². The Kier molecular flexibility index (Phi) is 3.14. The highest BCUT2D eigenvalue weighted by Crippen LogP contribution is 2.48. The van der Waals surface area contributed by atoms with E-state index in [1.54, 1.807) is 0 Å². The third kappa shape index (κ3) is 2.18. The summed E-state index contributed by atoms with van der Waals surface area (Å²) in [6.45, 7) is 2.20. The molecule has 2 heterocycles. The van der Waals surface area contributed by atoms with Gasteiger partial charge in [0.1, 0.15) is 0 Å². The summed E-state index contributed by atoms with van der Waals surface area (Å²) in [6, 6.07) is 0. The van der Waals surface area contributed by atoms with Crippen LogP contribution in [0.4, 0.5) is 0 Å². The van der Waals surface area contributed by atoms with Gasteiger partial charge in [-0.1, -0.05) is 6.92 Å². The van der Waals surface area contributed by atoms with Crippen LogP contribution in [0.5, 0.6) is 0 Å². The Labute approximate surface area is 88.7 Å². The fourth-order valence-corrected chi connectivity index (χ4v) is 4.93. The summed E-state index contributed by atoms with van der Waals surface area (Å²) in [5.74, 6) is 2.63. The van der Waals surface area contributed by atoms with Crippen molar-refractivity contribution in [3.63, 3.8) is 0 Å². The summed E-state index contributed by atoms with van der Waals surface area (Å²) in [5, 5.41) is 0. The van der Waals surface area contributed by atoms with Crippen LogP contribution in [0.1, 0.15) is 26.2 Å². The van der Waals surface area contributed by atoms with Gasteiger partial charge in [0.2, 0.25) is 0 Å². The quantitative estimate of drug-likeness (QED) is 0.666. The molecule has 0 aromatic heterocycles. The second-order valence-electron chi connectivity index (χ2n) is 3.54. The van der Waals surface area contributed by atoms with E-state index in [2.05, 4.69) is 36.5 Å². The first-order valence-electron chi connectivity index (χ1n) is 4.96. The van der Waals surface area contributed by atoms with Crippen LogP contribution in [-0.2, 0) is 4.74 Å². The zero-order valence-corrected chi connectivity index (χ0v) is 9.63. The van der Waals surface area contributed by atoms with E-state index in [0.29, 0.717) is 10.2 Å². The molecule has 1 nitrogen and oxygen atoms in total. The van der Waals surface area contributed by atoms with Gasteiger partial charge in [0.15, 0.2) is 0 Å². The van der Waals surface area contributed by atoms with E-state index < -0.39 is 0 Å². The molecule has 0 saturated carbocycles. The van der Waals surface area contributed by atoms with Gasteiger partial charge in [-0.15, -0.1) is 23.5 Å². The number of hydrogen-bond acceptors (Lipinski definition) is 3. The fraction of sp³-hybridized carbons (Fsp3) is 0.800. The fourth-order valence-electron chi connectivity index (χ4n) is 1.73. The van der Waals surface area contributed by atoms with Crippen molar-refractivity contribution in [2.45, 2.75) is 36.4 Å².